The highest BCUT2D eigenvalue weighted by molar-refractivity contribution is 5.95. The summed E-state index contributed by atoms with van der Waals surface area (Å²) in [6.07, 6.45) is 3.56. The Morgan fingerprint density at radius 1 is 1.36 bits per heavy atom. The standard InChI is InChI=1S/C13H18O/c1-4-5-6-12-7-8-13(11(3)14)10(2)9-12/h7-9H,4-6H2,1-3H3. The van der Waals surface area contributed by atoms with E-state index in [1.807, 2.05) is 13.0 Å². The van der Waals surface area contributed by atoms with Gasteiger partial charge in [0.15, 0.2) is 5.78 Å². The van der Waals surface area contributed by atoms with Gasteiger partial charge < -0.3 is 0 Å². The van der Waals surface area contributed by atoms with Crippen molar-refractivity contribution in [2.75, 3.05) is 0 Å². The minimum absolute atomic E-state index is 0.157. The number of carbonyl (C=O) groups excluding carboxylic acids is 1. The highest BCUT2D eigenvalue weighted by Gasteiger charge is 2.03. The Morgan fingerprint density at radius 3 is 2.57 bits per heavy atom. The van der Waals surface area contributed by atoms with Gasteiger partial charge in [0, 0.05) is 5.56 Å². The van der Waals surface area contributed by atoms with Gasteiger partial charge >= 0.3 is 0 Å². The Labute approximate surface area is 86.1 Å². The second-order valence-electron chi connectivity index (χ2n) is 3.81. The van der Waals surface area contributed by atoms with E-state index in [9.17, 15) is 4.79 Å². The Hall–Kier alpha value is -1.11. The van der Waals surface area contributed by atoms with Crippen molar-refractivity contribution in [1.82, 2.24) is 0 Å². The first kappa shape index (κ1) is 11.0. The van der Waals surface area contributed by atoms with E-state index in [4.69, 9.17) is 0 Å². The van der Waals surface area contributed by atoms with Gasteiger partial charge in [0.25, 0.3) is 0 Å². The maximum atomic E-state index is 11.2. The molecule has 0 radical (unpaired) electrons. The molecule has 0 atom stereocenters. The molecule has 14 heavy (non-hydrogen) atoms. The summed E-state index contributed by atoms with van der Waals surface area (Å²) < 4.78 is 0. The van der Waals surface area contributed by atoms with Crippen LogP contribution in [-0.4, -0.2) is 5.78 Å². The molecule has 0 N–H and O–H groups in total. The number of hydrogen-bond donors (Lipinski definition) is 0. The molecule has 1 aromatic rings. The topological polar surface area (TPSA) is 17.1 Å². The summed E-state index contributed by atoms with van der Waals surface area (Å²) in [5.41, 5.74) is 3.30. The highest BCUT2D eigenvalue weighted by Crippen LogP contribution is 2.13. The van der Waals surface area contributed by atoms with Crippen LogP contribution in [-0.2, 0) is 6.42 Å². The highest BCUT2D eigenvalue weighted by atomic mass is 16.1. The quantitative estimate of drug-likeness (QED) is 0.664. The Morgan fingerprint density at radius 2 is 2.07 bits per heavy atom. The SMILES string of the molecule is CCCCc1ccc(C(C)=O)c(C)c1. The van der Waals surface area contributed by atoms with Gasteiger partial charge in [-0.3, -0.25) is 4.79 Å². The van der Waals surface area contributed by atoms with Crippen molar-refractivity contribution in [2.45, 2.75) is 40.0 Å². The lowest BCUT2D eigenvalue weighted by molar-refractivity contribution is 0.101. The first-order valence-electron chi connectivity index (χ1n) is 5.25. The first-order chi connectivity index (χ1) is 6.65. The third kappa shape index (κ3) is 2.69. The summed E-state index contributed by atoms with van der Waals surface area (Å²) in [5, 5.41) is 0. The summed E-state index contributed by atoms with van der Waals surface area (Å²) in [6.45, 7) is 5.82. The molecule has 0 aliphatic rings. The molecule has 0 saturated heterocycles. The lowest BCUT2D eigenvalue weighted by Gasteiger charge is -2.05. The molecule has 0 aliphatic carbocycles. The van der Waals surface area contributed by atoms with E-state index < -0.39 is 0 Å². The van der Waals surface area contributed by atoms with Crippen LogP contribution in [0.5, 0.6) is 0 Å². The normalized spacial score (nSPS) is 10.2. The van der Waals surface area contributed by atoms with Crippen LogP contribution in [0.15, 0.2) is 18.2 Å². The molecular weight excluding hydrogens is 172 g/mol. The molecule has 0 fully saturated rings. The molecule has 0 amide bonds. The molecule has 1 aromatic carbocycles. The summed E-state index contributed by atoms with van der Waals surface area (Å²) in [4.78, 5) is 11.2. The Bertz CT molecular complexity index is 326. The van der Waals surface area contributed by atoms with Gasteiger partial charge in [0.1, 0.15) is 0 Å². The van der Waals surface area contributed by atoms with Crippen molar-refractivity contribution < 1.29 is 4.79 Å². The lowest BCUT2D eigenvalue weighted by atomic mass is 10.00. The number of aryl methyl sites for hydroxylation is 2. The fourth-order valence-electron chi connectivity index (χ4n) is 1.66. The predicted octanol–water partition coefficient (Wildman–Crippen LogP) is 3.54. The van der Waals surface area contributed by atoms with E-state index in [1.54, 1.807) is 6.92 Å². The van der Waals surface area contributed by atoms with Gasteiger partial charge in [0.05, 0.1) is 0 Å². The fourth-order valence-corrected chi connectivity index (χ4v) is 1.66. The number of ketones is 1. The zero-order valence-corrected chi connectivity index (χ0v) is 9.26. The molecule has 0 aromatic heterocycles. The largest absolute Gasteiger partial charge is 0.295 e. The van der Waals surface area contributed by atoms with Gasteiger partial charge in [-0.2, -0.15) is 0 Å². The molecule has 1 rings (SSSR count). The Balaban J connectivity index is 2.83. The molecule has 0 saturated carbocycles. The maximum Gasteiger partial charge on any atom is 0.160 e. The van der Waals surface area contributed by atoms with Crippen LogP contribution in [0.25, 0.3) is 0 Å². The van der Waals surface area contributed by atoms with Gasteiger partial charge in [-0.25, -0.2) is 0 Å². The predicted molar refractivity (Wildman–Crippen MR) is 59.8 cm³/mol. The monoisotopic (exact) mass is 190 g/mol. The van der Waals surface area contributed by atoms with Gasteiger partial charge in [0.2, 0.25) is 0 Å². The molecule has 0 unspecified atom stereocenters. The zero-order valence-electron chi connectivity index (χ0n) is 9.26. The molecule has 0 heterocycles. The number of hydrogen-bond acceptors (Lipinski definition) is 1. The van der Waals surface area contributed by atoms with E-state index in [0.29, 0.717) is 0 Å². The molecular formula is C13H18O. The summed E-state index contributed by atoms with van der Waals surface area (Å²) in [5.74, 6) is 0.157. The van der Waals surface area contributed by atoms with E-state index in [0.717, 1.165) is 17.5 Å². The molecule has 76 valence electrons. The second kappa shape index (κ2) is 4.94. The fraction of sp³-hybridized carbons (Fsp3) is 0.462. The Kier molecular flexibility index (Phi) is 3.87. The molecule has 1 nitrogen and oxygen atoms in total. The molecule has 1 heteroatoms. The zero-order chi connectivity index (χ0) is 10.6. The van der Waals surface area contributed by atoms with Crippen molar-refractivity contribution >= 4 is 5.78 Å². The lowest BCUT2D eigenvalue weighted by Crippen LogP contribution is -1.97. The summed E-state index contributed by atoms with van der Waals surface area (Å²) in [7, 11) is 0. The number of benzene rings is 1. The molecule has 0 aliphatic heterocycles. The average Bonchev–Trinajstić information content (AvgIpc) is 2.14. The number of rotatable bonds is 4. The number of Topliss-reactive ketones (excluding diaryl/α,β-unsaturated/α-hetero) is 1. The van der Waals surface area contributed by atoms with Crippen molar-refractivity contribution in [2.24, 2.45) is 0 Å². The molecule has 0 spiro atoms. The van der Waals surface area contributed by atoms with Crippen molar-refractivity contribution in [1.29, 1.82) is 0 Å². The summed E-state index contributed by atoms with van der Waals surface area (Å²) >= 11 is 0. The first-order valence-corrected chi connectivity index (χ1v) is 5.25. The van der Waals surface area contributed by atoms with Crippen LogP contribution in [0.3, 0.4) is 0 Å². The van der Waals surface area contributed by atoms with E-state index in [1.165, 1.54) is 18.4 Å². The second-order valence-corrected chi connectivity index (χ2v) is 3.81. The van der Waals surface area contributed by atoms with E-state index >= 15 is 0 Å². The maximum absolute atomic E-state index is 11.2. The third-order valence-corrected chi connectivity index (χ3v) is 2.49. The van der Waals surface area contributed by atoms with Crippen molar-refractivity contribution in [3.05, 3.63) is 34.9 Å². The minimum atomic E-state index is 0.157. The van der Waals surface area contributed by atoms with E-state index in [2.05, 4.69) is 19.1 Å². The smallest absolute Gasteiger partial charge is 0.160 e. The average molecular weight is 190 g/mol. The van der Waals surface area contributed by atoms with Crippen LogP contribution in [0.1, 0.15) is 48.2 Å². The van der Waals surface area contributed by atoms with Gasteiger partial charge in [-0.05, 0) is 37.8 Å². The van der Waals surface area contributed by atoms with Crippen molar-refractivity contribution in [3.8, 4) is 0 Å². The van der Waals surface area contributed by atoms with Crippen molar-refractivity contribution in [3.63, 3.8) is 0 Å². The van der Waals surface area contributed by atoms with Crippen LogP contribution in [0, 0.1) is 6.92 Å². The number of unbranched alkanes of at least 4 members (excludes halogenated alkanes) is 1. The molecule has 0 bridgehead atoms. The van der Waals surface area contributed by atoms with Gasteiger partial charge in [-0.1, -0.05) is 31.5 Å². The van der Waals surface area contributed by atoms with Crippen LogP contribution in [0.4, 0.5) is 0 Å². The number of carbonyl (C=O) groups is 1. The van der Waals surface area contributed by atoms with Gasteiger partial charge in [-0.15, -0.1) is 0 Å². The summed E-state index contributed by atoms with van der Waals surface area (Å²) in [6, 6.07) is 6.15. The van der Waals surface area contributed by atoms with E-state index in [-0.39, 0.29) is 5.78 Å². The third-order valence-electron chi connectivity index (χ3n) is 2.49. The minimum Gasteiger partial charge on any atom is -0.295 e. The van der Waals surface area contributed by atoms with Crippen LogP contribution < -0.4 is 0 Å². The van der Waals surface area contributed by atoms with Crippen LogP contribution >= 0.6 is 0 Å². The van der Waals surface area contributed by atoms with Crippen LogP contribution in [0.2, 0.25) is 0 Å².